The third kappa shape index (κ3) is 3.08. The molecule has 4 aliphatic heterocycles. The highest BCUT2D eigenvalue weighted by atomic mass is 19.1. The molecular formula is C23H24FN5O7. The third-order valence-corrected chi connectivity index (χ3v) is 7.47. The van der Waals surface area contributed by atoms with Crippen LogP contribution < -0.4 is 15.5 Å². The number of rotatable bonds is 1. The van der Waals surface area contributed by atoms with Crippen LogP contribution in [-0.4, -0.2) is 84.9 Å². The van der Waals surface area contributed by atoms with Crippen LogP contribution in [0.1, 0.15) is 29.9 Å². The maximum Gasteiger partial charge on any atom is 0.328 e. The van der Waals surface area contributed by atoms with Crippen molar-refractivity contribution in [2.24, 2.45) is 5.41 Å². The smallest absolute Gasteiger partial charge is 0.328 e. The van der Waals surface area contributed by atoms with Gasteiger partial charge in [-0.05, 0) is 25.5 Å². The highest BCUT2D eigenvalue weighted by Gasteiger charge is 2.63. The van der Waals surface area contributed by atoms with Gasteiger partial charge in [0, 0.05) is 26.1 Å². The molecule has 0 bridgehead atoms. The Labute approximate surface area is 204 Å². The third-order valence-electron chi connectivity index (χ3n) is 7.47. The summed E-state index contributed by atoms with van der Waals surface area (Å²) in [6.45, 7) is 5.20. The number of benzene rings is 1. The summed E-state index contributed by atoms with van der Waals surface area (Å²) in [5.74, 6) is -2.72. The molecule has 0 unspecified atom stereocenters. The van der Waals surface area contributed by atoms with Crippen LogP contribution in [-0.2, 0) is 25.5 Å². The molecule has 3 saturated heterocycles. The molecule has 5 heterocycles. The monoisotopic (exact) mass is 501 g/mol. The molecule has 1 aromatic heterocycles. The summed E-state index contributed by atoms with van der Waals surface area (Å²) in [6.07, 6.45) is -1.19. The van der Waals surface area contributed by atoms with Gasteiger partial charge in [-0.1, -0.05) is 5.16 Å². The lowest BCUT2D eigenvalue weighted by Gasteiger charge is -2.55. The van der Waals surface area contributed by atoms with E-state index in [1.165, 1.54) is 0 Å². The minimum absolute atomic E-state index is 0.0544. The normalized spacial score (nSPS) is 27.5. The van der Waals surface area contributed by atoms with Gasteiger partial charge in [0.25, 0.3) is 5.91 Å². The highest BCUT2D eigenvalue weighted by Crippen LogP contribution is 2.49. The first-order chi connectivity index (χ1) is 17.2. The zero-order chi connectivity index (χ0) is 25.4. The average molecular weight is 501 g/mol. The number of fused-ring (bicyclic) bond motifs is 5. The van der Waals surface area contributed by atoms with Crippen LogP contribution in [0.25, 0.3) is 11.0 Å². The minimum atomic E-state index is -1.76. The second kappa shape index (κ2) is 7.96. The van der Waals surface area contributed by atoms with Crippen LogP contribution in [0.4, 0.5) is 14.9 Å². The standard InChI is InChI=1S/C23H24FN5O7/c1-10-9-29-16-12(8-23(18(29)11(2)35-10)20(31)25-22(33)26-21(23)32)7-13-15(27-36-17(13)14(16)24)19(30)28-3-5-34-6-4-28/h7,10-11,18H,3-6,8-9H2,1-2H3,(H2,25,26,31,32,33)/t10-,11+,18-/m0/s1. The number of anilines is 1. The fourth-order valence-corrected chi connectivity index (χ4v) is 6.02. The quantitative estimate of drug-likeness (QED) is 0.529. The average Bonchev–Trinajstić information content (AvgIpc) is 3.26. The van der Waals surface area contributed by atoms with E-state index < -0.39 is 47.1 Å². The zero-order valence-electron chi connectivity index (χ0n) is 19.6. The number of carbonyl (C=O) groups excluding carboxylic acids is 4. The molecule has 6 rings (SSSR count). The number of nitrogens with one attached hydrogen (secondary N) is 2. The number of carbonyl (C=O) groups is 4. The van der Waals surface area contributed by atoms with E-state index in [0.29, 0.717) is 31.9 Å². The Kier molecular flexibility index (Phi) is 5.06. The van der Waals surface area contributed by atoms with Gasteiger partial charge in [0.1, 0.15) is 0 Å². The minimum Gasteiger partial charge on any atom is -0.378 e. The number of hydrogen-bond acceptors (Lipinski definition) is 9. The van der Waals surface area contributed by atoms with Crippen LogP contribution >= 0.6 is 0 Å². The van der Waals surface area contributed by atoms with E-state index in [2.05, 4.69) is 15.8 Å². The molecule has 0 aliphatic carbocycles. The molecule has 2 N–H and O–H groups in total. The fraction of sp³-hybridized carbons (Fsp3) is 0.522. The molecule has 1 spiro atoms. The van der Waals surface area contributed by atoms with Crippen LogP contribution in [0.2, 0.25) is 0 Å². The molecule has 13 heteroatoms. The van der Waals surface area contributed by atoms with Crippen molar-refractivity contribution in [3.8, 4) is 0 Å². The Bertz CT molecular complexity index is 1300. The molecule has 4 aliphatic rings. The molecule has 1 aromatic carbocycles. The van der Waals surface area contributed by atoms with Gasteiger partial charge >= 0.3 is 6.03 Å². The van der Waals surface area contributed by atoms with Gasteiger partial charge in [0.2, 0.25) is 17.4 Å². The number of barbiturate groups is 1. The fourth-order valence-electron chi connectivity index (χ4n) is 6.02. The molecule has 36 heavy (non-hydrogen) atoms. The van der Waals surface area contributed by atoms with Gasteiger partial charge in [-0.25, -0.2) is 9.18 Å². The summed E-state index contributed by atoms with van der Waals surface area (Å²) in [5.41, 5.74) is -1.50. The Morgan fingerprint density at radius 2 is 1.86 bits per heavy atom. The summed E-state index contributed by atoms with van der Waals surface area (Å²) in [7, 11) is 0. The Balaban J connectivity index is 1.53. The largest absolute Gasteiger partial charge is 0.378 e. The lowest BCUT2D eigenvalue weighted by Crippen LogP contribution is -2.75. The Morgan fingerprint density at radius 3 is 2.56 bits per heavy atom. The van der Waals surface area contributed by atoms with Gasteiger partial charge in [0.05, 0.1) is 42.5 Å². The van der Waals surface area contributed by atoms with Crippen molar-refractivity contribution in [3.63, 3.8) is 0 Å². The predicted octanol–water partition coefficient (Wildman–Crippen LogP) is 0.330. The molecule has 0 radical (unpaired) electrons. The number of aromatic nitrogens is 1. The van der Waals surface area contributed by atoms with E-state index in [9.17, 15) is 19.2 Å². The van der Waals surface area contributed by atoms with Crippen LogP contribution in [0, 0.1) is 11.2 Å². The van der Waals surface area contributed by atoms with Crippen molar-refractivity contribution in [1.82, 2.24) is 20.7 Å². The number of ether oxygens (including phenoxy) is 2. The van der Waals surface area contributed by atoms with Crippen molar-refractivity contribution >= 4 is 40.4 Å². The number of halogens is 1. The second-order valence-electron chi connectivity index (χ2n) is 9.65. The number of nitrogens with zero attached hydrogens (tertiary/aromatic N) is 3. The van der Waals surface area contributed by atoms with E-state index >= 15 is 4.39 Å². The first-order valence-corrected chi connectivity index (χ1v) is 11.8. The maximum atomic E-state index is 16.1. The lowest BCUT2D eigenvalue weighted by atomic mass is 9.66. The lowest BCUT2D eigenvalue weighted by molar-refractivity contribution is -0.153. The predicted molar refractivity (Wildman–Crippen MR) is 120 cm³/mol. The second-order valence-corrected chi connectivity index (χ2v) is 9.65. The van der Waals surface area contributed by atoms with Gasteiger partial charge in [-0.3, -0.25) is 25.0 Å². The molecule has 2 aromatic rings. The number of amides is 5. The van der Waals surface area contributed by atoms with Gasteiger partial charge in [0.15, 0.2) is 16.9 Å². The molecule has 3 atom stereocenters. The van der Waals surface area contributed by atoms with E-state index in [1.807, 2.05) is 6.92 Å². The summed E-state index contributed by atoms with van der Waals surface area (Å²) >= 11 is 0. The number of urea groups is 1. The number of imide groups is 2. The van der Waals surface area contributed by atoms with Gasteiger partial charge in [-0.15, -0.1) is 0 Å². The van der Waals surface area contributed by atoms with Crippen molar-refractivity contribution in [2.75, 3.05) is 37.7 Å². The topological polar surface area (TPSA) is 143 Å². The van der Waals surface area contributed by atoms with Crippen molar-refractivity contribution < 1.29 is 37.6 Å². The molecule has 3 fully saturated rings. The SMILES string of the molecule is C[C@H]1CN2c3c(cc4c(C(=O)N5CCOCC5)noc4c3F)CC3(C(=O)NC(=O)NC3=O)[C@@H]2[C@@H](C)O1. The highest BCUT2D eigenvalue weighted by molar-refractivity contribution is 6.20. The van der Waals surface area contributed by atoms with Gasteiger partial charge < -0.3 is 23.8 Å². The molecule has 0 saturated carbocycles. The first kappa shape index (κ1) is 22.9. The number of morpholine rings is 2. The Hall–Kier alpha value is -3.58. The Morgan fingerprint density at radius 1 is 1.17 bits per heavy atom. The van der Waals surface area contributed by atoms with Crippen LogP contribution in [0.15, 0.2) is 10.6 Å². The van der Waals surface area contributed by atoms with Crippen molar-refractivity contribution in [3.05, 3.63) is 23.1 Å². The van der Waals surface area contributed by atoms with E-state index in [1.54, 1.807) is 22.8 Å². The van der Waals surface area contributed by atoms with Crippen molar-refractivity contribution in [2.45, 2.75) is 38.5 Å². The summed E-state index contributed by atoms with van der Waals surface area (Å²) in [6, 6.07) is -0.249. The van der Waals surface area contributed by atoms with Crippen LogP contribution in [0.5, 0.6) is 0 Å². The molecule has 12 nitrogen and oxygen atoms in total. The summed E-state index contributed by atoms with van der Waals surface area (Å²) in [5, 5.41) is 8.43. The molecular weight excluding hydrogens is 477 g/mol. The van der Waals surface area contributed by atoms with E-state index in [-0.39, 0.29) is 41.4 Å². The van der Waals surface area contributed by atoms with Crippen LogP contribution in [0.3, 0.4) is 0 Å². The summed E-state index contributed by atoms with van der Waals surface area (Å²) < 4.78 is 32.7. The molecule has 5 amide bonds. The summed E-state index contributed by atoms with van der Waals surface area (Å²) in [4.78, 5) is 54.8. The zero-order valence-corrected chi connectivity index (χ0v) is 19.6. The number of hydrogen-bond donors (Lipinski definition) is 2. The van der Waals surface area contributed by atoms with E-state index in [4.69, 9.17) is 14.0 Å². The first-order valence-electron chi connectivity index (χ1n) is 11.8. The van der Waals surface area contributed by atoms with Gasteiger partial charge in [-0.2, -0.15) is 0 Å². The maximum absolute atomic E-state index is 16.1. The van der Waals surface area contributed by atoms with E-state index in [0.717, 1.165) is 0 Å². The molecule has 190 valence electrons. The van der Waals surface area contributed by atoms with Crippen molar-refractivity contribution in [1.29, 1.82) is 0 Å².